The summed E-state index contributed by atoms with van der Waals surface area (Å²) in [6.07, 6.45) is 9.15. The molecule has 0 saturated heterocycles. The normalized spacial score (nSPS) is 13.8. The summed E-state index contributed by atoms with van der Waals surface area (Å²) in [7, 11) is 1.60. The highest BCUT2D eigenvalue weighted by Crippen LogP contribution is 2.27. The van der Waals surface area contributed by atoms with E-state index in [1.54, 1.807) is 19.5 Å². The molecule has 0 aromatic carbocycles. The fourth-order valence-electron chi connectivity index (χ4n) is 2.40. The number of anilines is 1. The highest BCUT2D eigenvalue weighted by Gasteiger charge is 2.14. The van der Waals surface area contributed by atoms with Crippen LogP contribution in [0.3, 0.4) is 0 Å². The lowest BCUT2D eigenvalue weighted by Gasteiger charge is -2.07. The molecule has 1 aliphatic carbocycles. The second-order valence-corrected chi connectivity index (χ2v) is 5.94. The maximum absolute atomic E-state index is 5.17. The zero-order valence-corrected chi connectivity index (χ0v) is 12.4. The molecule has 2 heterocycles. The van der Waals surface area contributed by atoms with Crippen molar-refractivity contribution in [3.05, 3.63) is 28.0 Å². The Labute approximate surface area is 122 Å². The monoisotopic (exact) mass is 290 g/mol. The van der Waals surface area contributed by atoms with Gasteiger partial charge < -0.3 is 10.1 Å². The summed E-state index contributed by atoms with van der Waals surface area (Å²) in [5, 5.41) is 4.48. The van der Waals surface area contributed by atoms with Gasteiger partial charge >= 0.3 is 0 Å². The number of aryl methyl sites for hydroxylation is 2. The molecule has 106 valence electrons. The third-order valence-electron chi connectivity index (χ3n) is 3.38. The molecule has 1 N–H and O–H groups in total. The first-order chi connectivity index (χ1) is 9.86. The number of hydrogen-bond acceptors (Lipinski definition) is 6. The number of fused-ring (bicyclic) bond motifs is 1. The van der Waals surface area contributed by atoms with E-state index >= 15 is 0 Å². The molecule has 0 fully saturated rings. The van der Waals surface area contributed by atoms with Crippen LogP contribution in [-0.2, 0) is 19.3 Å². The number of aromatic nitrogens is 3. The number of nitrogens with one attached hydrogen (secondary N) is 1. The Kier molecular flexibility index (Phi) is 4.11. The first-order valence-corrected chi connectivity index (χ1v) is 7.75. The zero-order chi connectivity index (χ0) is 13.8. The molecule has 0 aliphatic heterocycles. The summed E-state index contributed by atoms with van der Waals surface area (Å²) in [6, 6.07) is 0. The first kappa shape index (κ1) is 13.3. The standard InChI is InChI=1S/C14H18N4OS/c1-19-14-13(16-8-9-17-14)15-7-6-12-18-10-4-2-3-5-11(10)20-12/h8-9H,2-7H2,1H3,(H,15,16). The summed E-state index contributed by atoms with van der Waals surface area (Å²) in [4.78, 5) is 14.6. The third-order valence-corrected chi connectivity index (χ3v) is 4.60. The summed E-state index contributed by atoms with van der Waals surface area (Å²) < 4.78 is 5.17. The summed E-state index contributed by atoms with van der Waals surface area (Å²) in [5.74, 6) is 1.22. The molecule has 0 amide bonds. The molecule has 5 nitrogen and oxygen atoms in total. The van der Waals surface area contributed by atoms with Crippen LogP contribution in [0.5, 0.6) is 5.88 Å². The van der Waals surface area contributed by atoms with E-state index in [1.165, 1.54) is 34.8 Å². The molecule has 0 saturated carbocycles. The third kappa shape index (κ3) is 2.90. The zero-order valence-electron chi connectivity index (χ0n) is 11.6. The van der Waals surface area contributed by atoms with Gasteiger partial charge in [0.05, 0.1) is 17.8 Å². The van der Waals surface area contributed by atoms with Crippen molar-refractivity contribution >= 4 is 17.2 Å². The van der Waals surface area contributed by atoms with Crippen LogP contribution in [0.15, 0.2) is 12.4 Å². The fourth-order valence-corrected chi connectivity index (χ4v) is 3.55. The summed E-state index contributed by atoms with van der Waals surface area (Å²) in [6.45, 7) is 0.793. The van der Waals surface area contributed by atoms with Gasteiger partial charge in [-0.1, -0.05) is 0 Å². The van der Waals surface area contributed by atoms with Crippen LogP contribution in [0.2, 0.25) is 0 Å². The minimum absolute atomic E-state index is 0.533. The summed E-state index contributed by atoms with van der Waals surface area (Å²) in [5.41, 5.74) is 1.33. The van der Waals surface area contributed by atoms with Crippen molar-refractivity contribution in [2.45, 2.75) is 32.1 Å². The Balaban J connectivity index is 1.58. The predicted octanol–water partition coefficient (Wildman–Crippen LogP) is 2.48. The van der Waals surface area contributed by atoms with Gasteiger partial charge in [0.1, 0.15) is 0 Å². The van der Waals surface area contributed by atoms with Crippen LogP contribution >= 0.6 is 11.3 Å². The SMILES string of the molecule is COc1nccnc1NCCc1nc2c(s1)CCCC2. The molecular weight excluding hydrogens is 272 g/mol. The van der Waals surface area contributed by atoms with Crippen LogP contribution in [-0.4, -0.2) is 28.6 Å². The van der Waals surface area contributed by atoms with Crippen molar-refractivity contribution in [1.82, 2.24) is 15.0 Å². The first-order valence-electron chi connectivity index (χ1n) is 6.93. The number of ether oxygens (including phenoxy) is 1. The molecule has 20 heavy (non-hydrogen) atoms. The van der Waals surface area contributed by atoms with Gasteiger partial charge in [-0.05, 0) is 25.7 Å². The van der Waals surface area contributed by atoms with Crippen molar-refractivity contribution in [2.75, 3.05) is 19.0 Å². The Morgan fingerprint density at radius 3 is 2.95 bits per heavy atom. The Hall–Kier alpha value is -1.69. The largest absolute Gasteiger partial charge is 0.478 e. The van der Waals surface area contributed by atoms with Crippen molar-refractivity contribution in [3.8, 4) is 5.88 Å². The molecule has 2 aromatic heterocycles. The van der Waals surface area contributed by atoms with Gasteiger partial charge in [0, 0.05) is 30.2 Å². The van der Waals surface area contributed by atoms with Crippen molar-refractivity contribution < 1.29 is 4.74 Å². The number of thiazole rings is 1. The Bertz CT molecular complexity index is 561. The Morgan fingerprint density at radius 1 is 1.25 bits per heavy atom. The van der Waals surface area contributed by atoms with E-state index in [4.69, 9.17) is 9.72 Å². The van der Waals surface area contributed by atoms with E-state index in [-0.39, 0.29) is 0 Å². The molecule has 1 aliphatic rings. The maximum atomic E-state index is 5.17. The Morgan fingerprint density at radius 2 is 2.10 bits per heavy atom. The molecule has 0 atom stereocenters. The topological polar surface area (TPSA) is 59.9 Å². The van der Waals surface area contributed by atoms with Gasteiger partial charge in [0.2, 0.25) is 0 Å². The highest BCUT2D eigenvalue weighted by molar-refractivity contribution is 7.11. The minimum Gasteiger partial charge on any atom is -0.478 e. The molecule has 0 bridgehead atoms. The second kappa shape index (κ2) is 6.17. The maximum Gasteiger partial charge on any atom is 0.257 e. The number of nitrogens with zero attached hydrogens (tertiary/aromatic N) is 3. The van der Waals surface area contributed by atoms with Gasteiger partial charge in [-0.15, -0.1) is 11.3 Å². The van der Waals surface area contributed by atoms with Crippen LogP contribution in [0.4, 0.5) is 5.82 Å². The molecule has 0 unspecified atom stereocenters. The number of hydrogen-bond donors (Lipinski definition) is 1. The number of methoxy groups -OCH3 is 1. The lowest BCUT2D eigenvalue weighted by atomic mass is 10.0. The van der Waals surface area contributed by atoms with E-state index < -0.39 is 0 Å². The van der Waals surface area contributed by atoms with Crippen LogP contribution in [0, 0.1) is 0 Å². The van der Waals surface area contributed by atoms with E-state index in [0.717, 1.165) is 19.4 Å². The molecule has 2 aromatic rings. The number of rotatable bonds is 5. The van der Waals surface area contributed by atoms with Gasteiger partial charge in [0.25, 0.3) is 5.88 Å². The van der Waals surface area contributed by atoms with Gasteiger partial charge in [-0.3, -0.25) is 0 Å². The molecule has 6 heteroatoms. The van der Waals surface area contributed by atoms with Crippen molar-refractivity contribution in [2.24, 2.45) is 0 Å². The average molecular weight is 290 g/mol. The summed E-state index contributed by atoms with van der Waals surface area (Å²) >= 11 is 1.86. The quantitative estimate of drug-likeness (QED) is 0.916. The predicted molar refractivity (Wildman–Crippen MR) is 79.5 cm³/mol. The van der Waals surface area contributed by atoms with E-state index in [9.17, 15) is 0 Å². The average Bonchev–Trinajstić information content (AvgIpc) is 2.90. The highest BCUT2D eigenvalue weighted by atomic mass is 32.1. The van der Waals surface area contributed by atoms with Crippen molar-refractivity contribution in [3.63, 3.8) is 0 Å². The molecule has 0 spiro atoms. The second-order valence-electron chi connectivity index (χ2n) is 4.78. The van der Waals surface area contributed by atoms with E-state index in [2.05, 4.69) is 15.3 Å². The van der Waals surface area contributed by atoms with Gasteiger partial charge in [-0.2, -0.15) is 0 Å². The van der Waals surface area contributed by atoms with Gasteiger partial charge in [-0.25, -0.2) is 15.0 Å². The lowest BCUT2D eigenvalue weighted by molar-refractivity contribution is 0.398. The van der Waals surface area contributed by atoms with Crippen molar-refractivity contribution in [1.29, 1.82) is 0 Å². The van der Waals surface area contributed by atoms with Crippen LogP contribution < -0.4 is 10.1 Å². The molecule has 0 radical (unpaired) electrons. The van der Waals surface area contributed by atoms with E-state index in [1.807, 2.05) is 11.3 Å². The van der Waals surface area contributed by atoms with Crippen LogP contribution in [0.1, 0.15) is 28.4 Å². The van der Waals surface area contributed by atoms with Crippen LogP contribution in [0.25, 0.3) is 0 Å². The van der Waals surface area contributed by atoms with E-state index in [0.29, 0.717) is 11.7 Å². The molecular formula is C14H18N4OS. The smallest absolute Gasteiger partial charge is 0.257 e. The molecule has 3 rings (SSSR count). The lowest BCUT2D eigenvalue weighted by Crippen LogP contribution is -2.08. The minimum atomic E-state index is 0.533. The fraction of sp³-hybridized carbons (Fsp3) is 0.500. The van der Waals surface area contributed by atoms with Gasteiger partial charge in [0.15, 0.2) is 5.82 Å².